The largest absolute Gasteiger partial charge is 0.366 e. The second kappa shape index (κ2) is 6.91. The Labute approximate surface area is 151 Å². The Kier molecular flexibility index (Phi) is 4.66. The van der Waals surface area contributed by atoms with Gasteiger partial charge in [0.15, 0.2) is 5.82 Å². The first kappa shape index (κ1) is 17.5. The Morgan fingerprint density at radius 1 is 1.19 bits per heavy atom. The molecule has 3 rings (SSSR count). The lowest BCUT2D eigenvalue weighted by molar-refractivity contribution is -0.384. The Hall–Kier alpha value is -3.29. The van der Waals surface area contributed by atoms with Crippen LogP contribution in [0.25, 0.3) is 11.4 Å². The standard InChI is InChI=1S/C18H20N6O2/c1-11-8-17(19-10-16-12(2)22-23(4)13(16)3)21-18(20-11)14-6-5-7-15(9-14)24(25)26/h5-9H,10H2,1-4H3,(H,19,20,21). The number of benzene rings is 1. The lowest BCUT2D eigenvalue weighted by Gasteiger charge is -2.09. The quantitative estimate of drug-likeness (QED) is 0.558. The molecule has 3 aromatic rings. The molecule has 26 heavy (non-hydrogen) atoms. The fraction of sp³-hybridized carbons (Fsp3) is 0.278. The number of nitro groups is 1. The topological polar surface area (TPSA) is 98.8 Å². The molecule has 0 unspecified atom stereocenters. The number of rotatable bonds is 5. The lowest BCUT2D eigenvalue weighted by atomic mass is 10.2. The summed E-state index contributed by atoms with van der Waals surface area (Å²) in [6, 6.07) is 8.18. The first-order chi connectivity index (χ1) is 12.3. The Bertz CT molecular complexity index is 980. The summed E-state index contributed by atoms with van der Waals surface area (Å²) in [6.07, 6.45) is 0. The van der Waals surface area contributed by atoms with E-state index in [-0.39, 0.29) is 5.69 Å². The smallest absolute Gasteiger partial charge is 0.270 e. The first-order valence-electron chi connectivity index (χ1n) is 8.18. The van der Waals surface area contributed by atoms with Crippen molar-refractivity contribution in [2.24, 2.45) is 7.05 Å². The number of hydrogen-bond donors (Lipinski definition) is 1. The van der Waals surface area contributed by atoms with Crippen LogP contribution in [-0.2, 0) is 13.6 Å². The highest BCUT2D eigenvalue weighted by molar-refractivity contribution is 5.61. The highest BCUT2D eigenvalue weighted by Gasteiger charge is 2.12. The fourth-order valence-corrected chi connectivity index (χ4v) is 2.80. The molecule has 0 spiro atoms. The van der Waals surface area contributed by atoms with Gasteiger partial charge in [-0.05, 0) is 20.8 Å². The predicted octanol–water partition coefficient (Wildman–Crippen LogP) is 3.32. The van der Waals surface area contributed by atoms with Crippen molar-refractivity contribution in [3.05, 3.63) is 63.1 Å². The molecule has 134 valence electrons. The van der Waals surface area contributed by atoms with Crippen LogP contribution in [0.1, 0.15) is 22.6 Å². The molecular weight excluding hydrogens is 332 g/mol. The minimum absolute atomic E-state index is 0.0173. The summed E-state index contributed by atoms with van der Waals surface area (Å²) in [4.78, 5) is 19.5. The summed E-state index contributed by atoms with van der Waals surface area (Å²) < 4.78 is 1.85. The number of non-ortho nitro benzene ring substituents is 1. The molecule has 0 saturated heterocycles. The molecule has 0 aliphatic heterocycles. The molecular formula is C18H20N6O2. The van der Waals surface area contributed by atoms with Crippen molar-refractivity contribution in [3.8, 4) is 11.4 Å². The van der Waals surface area contributed by atoms with Gasteiger partial charge in [-0.1, -0.05) is 12.1 Å². The van der Waals surface area contributed by atoms with E-state index in [0.29, 0.717) is 23.8 Å². The van der Waals surface area contributed by atoms with E-state index in [2.05, 4.69) is 20.4 Å². The number of nitrogens with zero attached hydrogens (tertiary/aromatic N) is 5. The summed E-state index contributed by atoms with van der Waals surface area (Å²) in [7, 11) is 1.92. The summed E-state index contributed by atoms with van der Waals surface area (Å²) in [5.41, 5.74) is 4.61. The summed E-state index contributed by atoms with van der Waals surface area (Å²) >= 11 is 0. The molecule has 0 bridgehead atoms. The van der Waals surface area contributed by atoms with Gasteiger partial charge in [0, 0.05) is 54.3 Å². The van der Waals surface area contributed by atoms with Gasteiger partial charge in [0.1, 0.15) is 5.82 Å². The van der Waals surface area contributed by atoms with E-state index < -0.39 is 4.92 Å². The van der Waals surface area contributed by atoms with Crippen LogP contribution in [0.15, 0.2) is 30.3 Å². The Balaban J connectivity index is 1.88. The van der Waals surface area contributed by atoms with E-state index in [1.807, 2.05) is 38.6 Å². The van der Waals surface area contributed by atoms with Gasteiger partial charge in [-0.3, -0.25) is 14.8 Å². The first-order valence-corrected chi connectivity index (χ1v) is 8.18. The number of aromatic nitrogens is 4. The molecule has 1 N–H and O–H groups in total. The van der Waals surface area contributed by atoms with E-state index >= 15 is 0 Å². The molecule has 0 aliphatic carbocycles. The maximum atomic E-state index is 11.0. The van der Waals surface area contributed by atoms with Gasteiger partial charge in [-0.15, -0.1) is 0 Å². The summed E-state index contributed by atoms with van der Waals surface area (Å²) in [5.74, 6) is 1.12. The molecule has 0 atom stereocenters. The highest BCUT2D eigenvalue weighted by atomic mass is 16.6. The highest BCUT2D eigenvalue weighted by Crippen LogP contribution is 2.23. The van der Waals surface area contributed by atoms with Crippen molar-refractivity contribution in [3.63, 3.8) is 0 Å². The van der Waals surface area contributed by atoms with Gasteiger partial charge in [0.05, 0.1) is 10.6 Å². The zero-order valence-corrected chi connectivity index (χ0v) is 15.1. The van der Waals surface area contributed by atoms with Gasteiger partial charge in [-0.25, -0.2) is 9.97 Å². The van der Waals surface area contributed by atoms with Crippen LogP contribution in [-0.4, -0.2) is 24.7 Å². The van der Waals surface area contributed by atoms with Gasteiger partial charge < -0.3 is 5.32 Å². The van der Waals surface area contributed by atoms with Crippen molar-refractivity contribution in [2.45, 2.75) is 27.3 Å². The van der Waals surface area contributed by atoms with Crippen molar-refractivity contribution in [1.29, 1.82) is 0 Å². The van der Waals surface area contributed by atoms with Crippen LogP contribution in [0.2, 0.25) is 0 Å². The average molecular weight is 352 g/mol. The van der Waals surface area contributed by atoms with Crippen LogP contribution in [0.4, 0.5) is 11.5 Å². The van der Waals surface area contributed by atoms with Crippen LogP contribution in [0.5, 0.6) is 0 Å². The Morgan fingerprint density at radius 3 is 2.62 bits per heavy atom. The molecule has 0 fully saturated rings. The second-order valence-corrected chi connectivity index (χ2v) is 6.15. The number of aryl methyl sites for hydroxylation is 3. The number of nitrogens with one attached hydrogen (secondary N) is 1. The fourth-order valence-electron chi connectivity index (χ4n) is 2.80. The van der Waals surface area contributed by atoms with Crippen LogP contribution in [0, 0.1) is 30.9 Å². The normalized spacial score (nSPS) is 10.8. The minimum Gasteiger partial charge on any atom is -0.366 e. The van der Waals surface area contributed by atoms with Crippen molar-refractivity contribution < 1.29 is 4.92 Å². The number of hydrogen-bond acceptors (Lipinski definition) is 6. The molecule has 8 heteroatoms. The van der Waals surface area contributed by atoms with Crippen LogP contribution in [0.3, 0.4) is 0 Å². The lowest BCUT2D eigenvalue weighted by Crippen LogP contribution is -2.06. The SMILES string of the molecule is Cc1cc(NCc2c(C)nn(C)c2C)nc(-c2cccc([N+](=O)[O-])c2)n1. The van der Waals surface area contributed by atoms with Gasteiger partial charge in [0.2, 0.25) is 0 Å². The third-order valence-corrected chi connectivity index (χ3v) is 4.27. The molecule has 8 nitrogen and oxygen atoms in total. The van der Waals surface area contributed by atoms with E-state index in [9.17, 15) is 10.1 Å². The van der Waals surface area contributed by atoms with Crippen LogP contribution >= 0.6 is 0 Å². The summed E-state index contributed by atoms with van der Waals surface area (Å²) in [5, 5.41) is 18.7. The molecule has 2 heterocycles. The van der Waals surface area contributed by atoms with E-state index in [0.717, 1.165) is 22.6 Å². The predicted molar refractivity (Wildman–Crippen MR) is 98.9 cm³/mol. The molecule has 2 aromatic heterocycles. The zero-order valence-electron chi connectivity index (χ0n) is 15.1. The number of anilines is 1. The van der Waals surface area contributed by atoms with Crippen molar-refractivity contribution in [2.75, 3.05) is 5.32 Å². The molecule has 0 aliphatic rings. The maximum Gasteiger partial charge on any atom is 0.270 e. The third kappa shape index (κ3) is 3.53. The zero-order chi connectivity index (χ0) is 18.8. The maximum absolute atomic E-state index is 11.0. The molecule has 0 amide bonds. The van der Waals surface area contributed by atoms with Gasteiger partial charge in [-0.2, -0.15) is 5.10 Å². The van der Waals surface area contributed by atoms with E-state index in [4.69, 9.17) is 0 Å². The third-order valence-electron chi connectivity index (χ3n) is 4.27. The molecule has 0 saturated carbocycles. The van der Waals surface area contributed by atoms with Crippen LogP contribution < -0.4 is 5.32 Å². The summed E-state index contributed by atoms with van der Waals surface area (Å²) in [6.45, 7) is 6.46. The Morgan fingerprint density at radius 2 is 1.96 bits per heavy atom. The molecule has 0 radical (unpaired) electrons. The van der Waals surface area contributed by atoms with Crippen molar-refractivity contribution in [1.82, 2.24) is 19.7 Å². The molecule has 1 aromatic carbocycles. The van der Waals surface area contributed by atoms with Gasteiger partial charge >= 0.3 is 0 Å². The minimum atomic E-state index is -0.424. The number of nitro benzene ring substituents is 1. The van der Waals surface area contributed by atoms with Crippen molar-refractivity contribution >= 4 is 11.5 Å². The van der Waals surface area contributed by atoms with E-state index in [1.165, 1.54) is 12.1 Å². The van der Waals surface area contributed by atoms with E-state index in [1.54, 1.807) is 12.1 Å². The second-order valence-electron chi connectivity index (χ2n) is 6.15. The monoisotopic (exact) mass is 352 g/mol. The van der Waals surface area contributed by atoms with Gasteiger partial charge in [0.25, 0.3) is 5.69 Å². The average Bonchev–Trinajstić information content (AvgIpc) is 2.85.